The van der Waals surface area contributed by atoms with E-state index in [1.807, 2.05) is 13.8 Å². The molecule has 170 valence electrons. The van der Waals surface area contributed by atoms with Crippen molar-refractivity contribution in [3.05, 3.63) is 35.4 Å². The SMILES string of the molecule is CCNC(=NCCC(C)c1cccc(C(F)(F)F)c1)NC1CCN(C2CC2)CC1.I. The molecule has 1 saturated heterocycles. The van der Waals surface area contributed by atoms with Crippen molar-refractivity contribution >= 4 is 29.9 Å². The molecule has 2 aliphatic rings. The fourth-order valence-corrected chi connectivity index (χ4v) is 3.92. The first-order chi connectivity index (χ1) is 13.9. The maximum Gasteiger partial charge on any atom is 0.416 e. The van der Waals surface area contributed by atoms with E-state index in [0.717, 1.165) is 50.5 Å². The minimum Gasteiger partial charge on any atom is -0.357 e. The molecule has 1 saturated carbocycles. The zero-order valence-corrected chi connectivity index (χ0v) is 20.2. The largest absolute Gasteiger partial charge is 0.416 e. The second kappa shape index (κ2) is 11.5. The van der Waals surface area contributed by atoms with Crippen LogP contribution in [-0.2, 0) is 6.18 Å². The number of guanidine groups is 1. The van der Waals surface area contributed by atoms with E-state index < -0.39 is 11.7 Å². The first-order valence-electron chi connectivity index (χ1n) is 10.8. The van der Waals surface area contributed by atoms with Gasteiger partial charge in [0.05, 0.1) is 5.56 Å². The van der Waals surface area contributed by atoms with Gasteiger partial charge in [-0.3, -0.25) is 4.99 Å². The number of nitrogens with zero attached hydrogens (tertiary/aromatic N) is 2. The lowest BCUT2D eigenvalue weighted by Crippen LogP contribution is -2.49. The van der Waals surface area contributed by atoms with E-state index in [4.69, 9.17) is 0 Å². The number of likely N-dealkylation sites (tertiary alicyclic amines) is 1. The Labute approximate surface area is 195 Å². The van der Waals surface area contributed by atoms with E-state index in [-0.39, 0.29) is 29.9 Å². The van der Waals surface area contributed by atoms with E-state index in [0.29, 0.717) is 24.6 Å². The van der Waals surface area contributed by atoms with Crippen LogP contribution in [0.4, 0.5) is 13.2 Å². The highest BCUT2D eigenvalue weighted by molar-refractivity contribution is 14.0. The van der Waals surface area contributed by atoms with E-state index in [9.17, 15) is 13.2 Å². The van der Waals surface area contributed by atoms with Crippen molar-refractivity contribution in [1.29, 1.82) is 0 Å². The van der Waals surface area contributed by atoms with Crippen molar-refractivity contribution in [3.8, 4) is 0 Å². The number of hydrogen-bond acceptors (Lipinski definition) is 2. The highest BCUT2D eigenvalue weighted by Crippen LogP contribution is 2.32. The number of alkyl halides is 3. The summed E-state index contributed by atoms with van der Waals surface area (Å²) in [6, 6.07) is 6.89. The molecule has 1 aromatic rings. The lowest BCUT2D eigenvalue weighted by molar-refractivity contribution is -0.137. The Balaban J connectivity index is 0.00000320. The van der Waals surface area contributed by atoms with Crippen molar-refractivity contribution in [1.82, 2.24) is 15.5 Å². The van der Waals surface area contributed by atoms with E-state index >= 15 is 0 Å². The second-order valence-corrected chi connectivity index (χ2v) is 8.26. The zero-order chi connectivity index (χ0) is 20.9. The summed E-state index contributed by atoms with van der Waals surface area (Å²) >= 11 is 0. The van der Waals surface area contributed by atoms with Crippen molar-refractivity contribution in [2.45, 2.75) is 70.1 Å². The third-order valence-electron chi connectivity index (χ3n) is 5.89. The summed E-state index contributed by atoms with van der Waals surface area (Å²) in [5.74, 6) is 0.833. The molecule has 0 radical (unpaired) electrons. The number of halogens is 4. The summed E-state index contributed by atoms with van der Waals surface area (Å²) < 4.78 is 38.8. The summed E-state index contributed by atoms with van der Waals surface area (Å²) in [6.07, 6.45) is 1.37. The van der Waals surface area contributed by atoms with Crippen LogP contribution in [0, 0.1) is 0 Å². The standard InChI is InChI=1S/C22H33F3N4.HI/c1-3-26-21(28-19-10-13-29(14-11-19)20-7-8-20)27-12-9-16(2)17-5-4-6-18(15-17)22(23,24)25;/h4-6,15-16,19-20H,3,7-14H2,1-2H3,(H2,26,27,28);1H. The third kappa shape index (κ3) is 7.59. The maximum atomic E-state index is 12.9. The Hall–Kier alpha value is -1.03. The molecule has 8 heteroatoms. The van der Waals surface area contributed by atoms with Gasteiger partial charge < -0.3 is 15.5 Å². The van der Waals surface area contributed by atoms with Crippen LogP contribution in [0.2, 0.25) is 0 Å². The topological polar surface area (TPSA) is 39.7 Å². The quantitative estimate of drug-likeness (QED) is 0.292. The highest BCUT2D eigenvalue weighted by Gasteiger charge is 2.32. The van der Waals surface area contributed by atoms with Crippen LogP contribution in [-0.4, -0.2) is 49.1 Å². The average molecular weight is 538 g/mol. The summed E-state index contributed by atoms with van der Waals surface area (Å²) in [4.78, 5) is 7.27. The first kappa shape index (κ1) is 25.2. The molecule has 1 aromatic carbocycles. The average Bonchev–Trinajstić information content (AvgIpc) is 3.53. The van der Waals surface area contributed by atoms with Gasteiger partial charge >= 0.3 is 6.18 Å². The van der Waals surface area contributed by atoms with Gasteiger partial charge in [-0.15, -0.1) is 24.0 Å². The monoisotopic (exact) mass is 538 g/mol. The van der Waals surface area contributed by atoms with Crippen molar-refractivity contribution < 1.29 is 13.2 Å². The molecule has 1 heterocycles. The van der Waals surface area contributed by atoms with E-state index in [1.54, 1.807) is 6.07 Å². The van der Waals surface area contributed by atoms with Crippen LogP contribution in [0.3, 0.4) is 0 Å². The highest BCUT2D eigenvalue weighted by atomic mass is 127. The zero-order valence-electron chi connectivity index (χ0n) is 17.8. The third-order valence-corrected chi connectivity index (χ3v) is 5.89. The van der Waals surface area contributed by atoms with Gasteiger partial charge in [-0.05, 0) is 56.6 Å². The Morgan fingerprint density at radius 3 is 2.50 bits per heavy atom. The molecule has 0 spiro atoms. The molecule has 3 rings (SSSR count). The second-order valence-electron chi connectivity index (χ2n) is 8.26. The number of hydrogen-bond donors (Lipinski definition) is 2. The van der Waals surface area contributed by atoms with Gasteiger partial charge in [0.1, 0.15) is 0 Å². The minimum atomic E-state index is -4.30. The van der Waals surface area contributed by atoms with Gasteiger partial charge in [-0.2, -0.15) is 13.2 Å². The fourth-order valence-electron chi connectivity index (χ4n) is 3.92. The molecule has 2 fully saturated rings. The molecule has 0 aromatic heterocycles. The molecule has 0 bridgehead atoms. The molecule has 1 aliphatic heterocycles. The van der Waals surface area contributed by atoms with Crippen LogP contribution in [0.25, 0.3) is 0 Å². The summed E-state index contributed by atoms with van der Waals surface area (Å²) in [5, 5.41) is 6.84. The van der Waals surface area contributed by atoms with Crippen LogP contribution < -0.4 is 10.6 Å². The van der Waals surface area contributed by atoms with Crippen LogP contribution in [0.5, 0.6) is 0 Å². The van der Waals surface area contributed by atoms with Crippen LogP contribution in [0.1, 0.15) is 63.0 Å². The first-order valence-corrected chi connectivity index (χ1v) is 10.8. The smallest absolute Gasteiger partial charge is 0.357 e. The van der Waals surface area contributed by atoms with Gasteiger partial charge in [-0.25, -0.2) is 0 Å². The van der Waals surface area contributed by atoms with E-state index in [2.05, 4.69) is 20.5 Å². The van der Waals surface area contributed by atoms with Crippen molar-refractivity contribution in [2.24, 2.45) is 4.99 Å². The summed E-state index contributed by atoms with van der Waals surface area (Å²) in [6.45, 7) is 7.66. The Morgan fingerprint density at radius 2 is 1.90 bits per heavy atom. The van der Waals surface area contributed by atoms with Gasteiger partial charge in [0, 0.05) is 38.3 Å². The van der Waals surface area contributed by atoms with Gasteiger partial charge in [0.15, 0.2) is 5.96 Å². The van der Waals surface area contributed by atoms with Gasteiger partial charge in [0.2, 0.25) is 0 Å². The lowest BCUT2D eigenvalue weighted by Gasteiger charge is -2.33. The number of piperidine rings is 1. The fraction of sp³-hybridized carbons (Fsp3) is 0.682. The molecular formula is C22H34F3IN4. The van der Waals surface area contributed by atoms with Crippen LogP contribution in [0.15, 0.2) is 29.3 Å². The molecule has 2 N–H and O–H groups in total. The van der Waals surface area contributed by atoms with Gasteiger partial charge in [-0.1, -0.05) is 25.1 Å². The molecule has 1 aliphatic carbocycles. The Bertz CT molecular complexity index is 683. The van der Waals surface area contributed by atoms with Crippen LogP contribution >= 0.6 is 24.0 Å². The normalized spacial score (nSPS) is 19.8. The van der Waals surface area contributed by atoms with Crippen molar-refractivity contribution in [3.63, 3.8) is 0 Å². The predicted molar refractivity (Wildman–Crippen MR) is 127 cm³/mol. The molecule has 1 atom stereocenters. The molecule has 0 amide bonds. The molecular weight excluding hydrogens is 504 g/mol. The maximum absolute atomic E-state index is 12.9. The number of rotatable bonds is 7. The molecule has 1 unspecified atom stereocenters. The molecule has 30 heavy (non-hydrogen) atoms. The molecule has 4 nitrogen and oxygen atoms in total. The Kier molecular flexibility index (Phi) is 9.71. The number of benzene rings is 1. The van der Waals surface area contributed by atoms with E-state index in [1.165, 1.54) is 25.0 Å². The lowest BCUT2D eigenvalue weighted by atomic mass is 9.96. The minimum absolute atomic E-state index is 0. The number of nitrogens with one attached hydrogen (secondary N) is 2. The summed E-state index contributed by atoms with van der Waals surface area (Å²) in [5.41, 5.74) is 0.123. The summed E-state index contributed by atoms with van der Waals surface area (Å²) in [7, 11) is 0. The van der Waals surface area contributed by atoms with Gasteiger partial charge in [0.25, 0.3) is 0 Å². The number of aliphatic imine (C=N–C) groups is 1. The Morgan fingerprint density at radius 1 is 1.20 bits per heavy atom. The van der Waals surface area contributed by atoms with Crippen molar-refractivity contribution in [2.75, 3.05) is 26.2 Å². The predicted octanol–water partition coefficient (Wildman–Crippen LogP) is 5.00.